The lowest BCUT2D eigenvalue weighted by molar-refractivity contribution is 0.471. The van der Waals surface area contributed by atoms with Crippen LogP contribution in [-0.2, 0) is 0 Å². The quantitative estimate of drug-likeness (QED) is 0.681. The predicted molar refractivity (Wildman–Crippen MR) is 84.5 cm³/mol. The molecule has 0 unspecified atom stereocenters. The van der Waals surface area contributed by atoms with Gasteiger partial charge in [-0.25, -0.2) is 4.98 Å². The second-order valence-electron chi connectivity index (χ2n) is 4.17. The highest BCUT2D eigenvalue weighted by molar-refractivity contribution is 7.21. The van der Waals surface area contributed by atoms with Gasteiger partial charge in [-0.3, -0.25) is 0 Å². The van der Waals surface area contributed by atoms with Gasteiger partial charge in [0.25, 0.3) is 0 Å². The summed E-state index contributed by atoms with van der Waals surface area (Å²) in [6.45, 7) is 5.86. The number of nitrogens with zero attached hydrogens (tertiary/aromatic N) is 1. The molecule has 20 heavy (non-hydrogen) atoms. The van der Waals surface area contributed by atoms with Crippen molar-refractivity contribution in [1.29, 1.82) is 0 Å². The van der Waals surface area contributed by atoms with Crippen LogP contribution >= 0.6 is 11.3 Å². The van der Waals surface area contributed by atoms with E-state index in [0.29, 0.717) is 0 Å². The van der Waals surface area contributed by atoms with Crippen LogP contribution in [0, 0.1) is 6.92 Å². The molecule has 2 aromatic carbocycles. The van der Waals surface area contributed by atoms with Crippen LogP contribution in [0.2, 0.25) is 0 Å². The normalized spacial score (nSPS) is 10.2. The molecule has 1 heterocycles. The van der Waals surface area contributed by atoms with Crippen molar-refractivity contribution in [3.05, 3.63) is 42.0 Å². The first-order valence-corrected chi connectivity index (χ1v) is 7.35. The number of fused-ring (bicyclic) bond motifs is 1. The van der Waals surface area contributed by atoms with E-state index in [0.717, 1.165) is 26.4 Å². The number of thiazole rings is 1. The second kappa shape index (κ2) is 5.92. The highest BCUT2D eigenvalue weighted by atomic mass is 32.1. The molecule has 2 N–H and O–H groups in total. The van der Waals surface area contributed by atoms with Crippen LogP contribution in [0.4, 0.5) is 0 Å². The molecule has 3 aromatic rings. The molecule has 4 heteroatoms. The Morgan fingerprint density at radius 2 is 1.75 bits per heavy atom. The zero-order valence-corrected chi connectivity index (χ0v) is 12.5. The molecule has 0 spiro atoms. The first kappa shape index (κ1) is 14.3. The van der Waals surface area contributed by atoms with Gasteiger partial charge in [-0.15, -0.1) is 11.3 Å². The van der Waals surface area contributed by atoms with Crippen molar-refractivity contribution in [3.63, 3.8) is 0 Å². The second-order valence-corrected chi connectivity index (χ2v) is 5.20. The Balaban J connectivity index is 0.000000704. The van der Waals surface area contributed by atoms with Crippen molar-refractivity contribution in [3.8, 4) is 22.1 Å². The molecular formula is C16H17NO2S. The van der Waals surface area contributed by atoms with Gasteiger partial charge in [0, 0.05) is 5.56 Å². The van der Waals surface area contributed by atoms with E-state index >= 15 is 0 Å². The summed E-state index contributed by atoms with van der Waals surface area (Å²) in [4.78, 5) is 4.52. The van der Waals surface area contributed by atoms with E-state index < -0.39 is 0 Å². The van der Waals surface area contributed by atoms with Crippen LogP contribution in [0.25, 0.3) is 20.8 Å². The first-order valence-electron chi connectivity index (χ1n) is 6.53. The Kier molecular flexibility index (Phi) is 4.25. The van der Waals surface area contributed by atoms with Crippen LogP contribution < -0.4 is 0 Å². The number of aryl methyl sites for hydroxylation is 1. The Labute approximate surface area is 122 Å². The number of hydrogen-bond donors (Lipinski definition) is 2. The van der Waals surface area contributed by atoms with E-state index in [-0.39, 0.29) is 11.5 Å². The topological polar surface area (TPSA) is 53.4 Å². The molecule has 104 valence electrons. The molecule has 0 bridgehead atoms. The van der Waals surface area contributed by atoms with Crippen LogP contribution in [0.3, 0.4) is 0 Å². The summed E-state index contributed by atoms with van der Waals surface area (Å²) >= 11 is 1.53. The highest BCUT2D eigenvalue weighted by Crippen LogP contribution is 2.33. The van der Waals surface area contributed by atoms with Gasteiger partial charge >= 0.3 is 0 Å². The van der Waals surface area contributed by atoms with Gasteiger partial charge in [0.05, 0.1) is 10.2 Å². The fraction of sp³-hybridized carbons (Fsp3) is 0.188. The summed E-state index contributed by atoms with van der Waals surface area (Å²) in [5.74, 6) is 0.539. The number of aromatic nitrogens is 1. The molecular weight excluding hydrogens is 270 g/mol. The number of phenols is 2. The van der Waals surface area contributed by atoms with Gasteiger partial charge < -0.3 is 10.2 Å². The Morgan fingerprint density at radius 3 is 2.45 bits per heavy atom. The molecule has 0 atom stereocenters. The minimum atomic E-state index is 0.250. The SMILES string of the molecule is CC.Cc1cc(-c2nc3ccc(O)cc3s2)ccc1O. The maximum atomic E-state index is 9.52. The van der Waals surface area contributed by atoms with Gasteiger partial charge in [0.1, 0.15) is 16.5 Å². The minimum Gasteiger partial charge on any atom is -0.508 e. The summed E-state index contributed by atoms with van der Waals surface area (Å²) in [6, 6.07) is 10.6. The maximum Gasteiger partial charge on any atom is 0.124 e. The fourth-order valence-electron chi connectivity index (χ4n) is 1.83. The lowest BCUT2D eigenvalue weighted by Gasteiger charge is -2.00. The zero-order valence-electron chi connectivity index (χ0n) is 11.7. The van der Waals surface area contributed by atoms with Crippen LogP contribution in [-0.4, -0.2) is 15.2 Å². The average Bonchev–Trinajstić information content (AvgIpc) is 2.87. The largest absolute Gasteiger partial charge is 0.508 e. The fourth-order valence-corrected chi connectivity index (χ4v) is 2.82. The maximum absolute atomic E-state index is 9.52. The van der Waals surface area contributed by atoms with E-state index in [1.54, 1.807) is 24.3 Å². The molecule has 0 aliphatic heterocycles. The standard InChI is InChI=1S/C14H11NO2S.C2H6/c1-8-6-9(2-5-12(8)17)14-15-11-4-3-10(16)7-13(11)18-14;1-2/h2-7,16-17H,1H3;1-2H3. The number of benzene rings is 2. The van der Waals surface area contributed by atoms with Crippen molar-refractivity contribution in [2.24, 2.45) is 0 Å². The van der Waals surface area contributed by atoms with Crippen molar-refractivity contribution >= 4 is 21.6 Å². The van der Waals surface area contributed by atoms with Crippen molar-refractivity contribution < 1.29 is 10.2 Å². The third-order valence-corrected chi connectivity index (χ3v) is 3.88. The van der Waals surface area contributed by atoms with Crippen molar-refractivity contribution in [2.75, 3.05) is 0 Å². The molecule has 0 aliphatic carbocycles. The third-order valence-electron chi connectivity index (χ3n) is 2.82. The summed E-state index contributed by atoms with van der Waals surface area (Å²) in [5.41, 5.74) is 2.68. The highest BCUT2D eigenvalue weighted by Gasteiger charge is 2.08. The Morgan fingerprint density at radius 1 is 1.00 bits per heavy atom. The predicted octanol–water partition coefficient (Wildman–Crippen LogP) is 4.71. The number of phenolic OH excluding ortho intramolecular Hbond substituents is 2. The molecule has 0 aliphatic rings. The van der Waals surface area contributed by atoms with E-state index in [9.17, 15) is 10.2 Å². The van der Waals surface area contributed by atoms with Gasteiger partial charge in [-0.05, 0) is 48.9 Å². The molecule has 3 rings (SSSR count). The van der Waals surface area contributed by atoms with E-state index in [2.05, 4.69) is 4.98 Å². The lowest BCUT2D eigenvalue weighted by Crippen LogP contribution is -1.79. The van der Waals surface area contributed by atoms with Crippen molar-refractivity contribution in [1.82, 2.24) is 4.98 Å². The first-order chi connectivity index (χ1) is 9.63. The van der Waals surface area contributed by atoms with E-state index in [1.165, 1.54) is 11.3 Å². The van der Waals surface area contributed by atoms with Gasteiger partial charge in [-0.1, -0.05) is 13.8 Å². The van der Waals surface area contributed by atoms with Crippen LogP contribution in [0.15, 0.2) is 36.4 Å². The molecule has 1 aromatic heterocycles. The number of aromatic hydroxyl groups is 2. The molecule has 0 saturated carbocycles. The third kappa shape index (κ3) is 2.75. The monoisotopic (exact) mass is 287 g/mol. The summed E-state index contributed by atoms with van der Waals surface area (Å²) in [5, 5.41) is 19.8. The molecule has 0 radical (unpaired) electrons. The van der Waals surface area contributed by atoms with Gasteiger partial charge in [0.15, 0.2) is 0 Å². The number of rotatable bonds is 1. The minimum absolute atomic E-state index is 0.250. The van der Waals surface area contributed by atoms with Crippen LogP contribution in [0.1, 0.15) is 19.4 Å². The molecule has 0 saturated heterocycles. The number of hydrogen-bond acceptors (Lipinski definition) is 4. The molecule has 0 fully saturated rings. The molecule has 3 nitrogen and oxygen atoms in total. The van der Waals surface area contributed by atoms with Gasteiger partial charge in [0.2, 0.25) is 0 Å². The van der Waals surface area contributed by atoms with E-state index in [4.69, 9.17) is 0 Å². The van der Waals surface area contributed by atoms with Crippen molar-refractivity contribution in [2.45, 2.75) is 20.8 Å². The smallest absolute Gasteiger partial charge is 0.124 e. The lowest BCUT2D eigenvalue weighted by atomic mass is 10.1. The Bertz CT molecular complexity index is 734. The summed E-state index contributed by atoms with van der Waals surface area (Å²) < 4.78 is 0.954. The Hall–Kier alpha value is -2.07. The molecule has 0 amide bonds. The van der Waals surface area contributed by atoms with Crippen LogP contribution in [0.5, 0.6) is 11.5 Å². The van der Waals surface area contributed by atoms with Gasteiger partial charge in [-0.2, -0.15) is 0 Å². The average molecular weight is 287 g/mol. The zero-order chi connectivity index (χ0) is 14.7. The van der Waals surface area contributed by atoms with E-state index in [1.807, 2.05) is 32.9 Å². The summed E-state index contributed by atoms with van der Waals surface area (Å²) in [7, 11) is 0. The summed E-state index contributed by atoms with van der Waals surface area (Å²) in [6.07, 6.45) is 0.